The first-order valence-electron chi connectivity index (χ1n) is 12.5. The average molecular weight is 489 g/mol. The summed E-state index contributed by atoms with van der Waals surface area (Å²) < 4.78 is 6.29. The zero-order valence-electron chi connectivity index (χ0n) is 20.5. The number of carbonyl (C=O) groups excluding carboxylic acids is 2. The molecular weight excluding hydrogens is 456 g/mol. The Bertz CT molecular complexity index is 1240. The van der Waals surface area contributed by atoms with Crippen molar-refractivity contribution in [3.05, 3.63) is 82.1 Å². The van der Waals surface area contributed by atoms with E-state index in [9.17, 15) is 14.4 Å². The van der Waals surface area contributed by atoms with Crippen molar-refractivity contribution in [2.45, 2.75) is 58.0 Å². The standard InChI is InChI=1S/C28H32N4O4/c1-2-36-28(35)30-24-11-7-8-20(18-24)19-32-26(33)17-16-25(31-32)21-12-14-22(15-13-21)27(34)29-23-9-5-3-4-6-10-23/h7-8,11-18,23H,2-6,9-10,19H2,1H3,(H,29,34)(H,30,35). The number of benzene rings is 2. The van der Waals surface area contributed by atoms with Gasteiger partial charge in [0, 0.05) is 28.9 Å². The molecule has 8 heteroatoms. The zero-order valence-corrected chi connectivity index (χ0v) is 20.5. The van der Waals surface area contributed by atoms with E-state index in [1.54, 1.807) is 43.3 Å². The summed E-state index contributed by atoms with van der Waals surface area (Å²) in [5.74, 6) is -0.0531. The number of nitrogens with zero attached hydrogens (tertiary/aromatic N) is 2. The number of amides is 2. The van der Waals surface area contributed by atoms with Gasteiger partial charge in [0.25, 0.3) is 11.5 Å². The molecule has 2 aromatic carbocycles. The fourth-order valence-corrected chi connectivity index (χ4v) is 4.41. The molecule has 2 amide bonds. The summed E-state index contributed by atoms with van der Waals surface area (Å²) >= 11 is 0. The predicted molar refractivity (Wildman–Crippen MR) is 139 cm³/mol. The molecule has 36 heavy (non-hydrogen) atoms. The maximum atomic E-state index is 12.7. The van der Waals surface area contributed by atoms with Gasteiger partial charge in [0.05, 0.1) is 18.8 Å². The van der Waals surface area contributed by atoms with E-state index in [-0.39, 0.29) is 30.7 Å². The second-order valence-corrected chi connectivity index (χ2v) is 9.00. The lowest BCUT2D eigenvalue weighted by atomic mass is 10.1. The number of nitrogens with one attached hydrogen (secondary N) is 2. The molecular formula is C28H32N4O4. The SMILES string of the molecule is CCOC(=O)Nc1cccc(Cn2nc(-c3ccc(C(=O)NC4CCCCCC4)cc3)ccc2=O)c1. The third-order valence-electron chi connectivity index (χ3n) is 6.28. The van der Waals surface area contributed by atoms with Crippen LogP contribution in [0.15, 0.2) is 65.5 Å². The van der Waals surface area contributed by atoms with E-state index < -0.39 is 6.09 Å². The van der Waals surface area contributed by atoms with Crippen LogP contribution in [0.1, 0.15) is 61.4 Å². The van der Waals surface area contributed by atoms with Crippen molar-refractivity contribution in [2.24, 2.45) is 0 Å². The number of rotatable bonds is 7. The summed E-state index contributed by atoms with van der Waals surface area (Å²) in [6.45, 7) is 2.26. The van der Waals surface area contributed by atoms with Crippen LogP contribution in [-0.2, 0) is 11.3 Å². The lowest BCUT2D eigenvalue weighted by Crippen LogP contribution is -2.34. The van der Waals surface area contributed by atoms with Gasteiger partial charge in [0.2, 0.25) is 0 Å². The van der Waals surface area contributed by atoms with Crippen LogP contribution in [0.3, 0.4) is 0 Å². The van der Waals surface area contributed by atoms with Crippen molar-refractivity contribution in [1.82, 2.24) is 15.1 Å². The van der Waals surface area contributed by atoms with Gasteiger partial charge in [-0.15, -0.1) is 0 Å². The van der Waals surface area contributed by atoms with Crippen molar-refractivity contribution < 1.29 is 14.3 Å². The minimum Gasteiger partial charge on any atom is -0.450 e. The molecule has 0 bridgehead atoms. The Morgan fingerprint density at radius 1 is 1.00 bits per heavy atom. The average Bonchev–Trinajstić information content (AvgIpc) is 3.14. The fourth-order valence-electron chi connectivity index (χ4n) is 4.41. The fraction of sp³-hybridized carbons (Fsp3) is 0.357. The molecule has 2 N–H and O–H groups in total. The Hall–Kier alpha value is -3.94. The van der Waals surface area contributed by atoms with E-state index in [4.69, 9.17) is 4.74 Å². The highest BCUT2D eigenvalue weighted by atomic mass is 16.5. The van der Waals surface area contributed by atoms with E-state index in [2.05, 4.69) is 15.7 Å². The maximum Gasteiger partial charge on any atom is 0.411 e. The molecule has 1 fully saturated rings. The molecule has 0 aliphatic heterocycles. The Labute approximate surface area is 210 Å². The first kappa shape index (κ1) is 25.2. The highest BCUT2D eigenvalue weighted by Crippen LogP contribution is 2.20. The molecule has 1 aromatic heterocycles. The van der Waals surface area contributed by atoms with Gasteiger partial charge in [-0.3, -0.25) is 14.9 Å². The van der Waals surface area contributed by atoms with E-state index in [1.165, 1.54) is 23.6 Å². The first-order valence-corrected chi connectivity index (χ1v) is 12.5. The Morgan fingerprint density at radius 2 is 1.75 bits per heavy atom. The van der Waals surface area contributed by atoms with Gasteiger partial charge in [-0.25, -0.2) is 9.48 Å². The van der Waals surface area contributed by atoms with Crippen LogP contribution in [0, 0.1) is 0 Å². The Morgan fingerprint density at radius 3 is 2.47 bits per heavy atom. The molecule has 1 heterocycles. The number of hydrogen-bond donors (Lipinski definition) is 2. The number of anilines is 1. The molecule has 1 saturated carbocycles. The second kappa shape index (κ2) is 12.2. The highest BCUT2D eigenvalue weighted by molar-refractivity contribution is 5.94. The normalized spacial score (nSPS) is 14.0. The number of carbonyl (C=O) groups is 2. The molecule has 0 atom stereocenters. The lowest BCUT2D eigenvalue weighted by Gasteiger charge is -2.16. The van der Waals surface area contributed by atoms with Crippen LogP contribution in [0.2, 0.25) is 0 Å². The van der Waals surface area contributed by atoms with Crippen LogP contribution < -0.4 is 16.2 Å². The molecule has 0 unspecified atom stereocenters. The second-order valence-electron chi connectivity index (χ2n) is 9.00. The molecule has 1 aliphatic carbocycles. The third kappa shape index (κ3) is 6.81. The summed E-state index contributed by atoms with van der Waals surface area (Å²) in [4.78, 5) is 36.9. The van der Waals surface area contributed by atoms with Gasteiger partial charge in [-0.2, -0.15) is 5.10 Å². The summed E-state index contributed by atoms with van der Waals surface area (Å²) in [7, 11) is 0. The minimum atomic E-state index is -0.529. The smallest absolute Gasteiger partial charge is 0.411 e. The van der Waals surface area contributed by atoms with Gasteiger partial charge in [-0.05, 0) is 55.7 Å². The number of hydrogen-bond acceptors (Lipinski definition) is 5. The quantitative estimate of drug-likeness (QED) is 0.457. The molecule has 0 saturated heterocycles. The Kier molecular flexibility index (Phi) is 8.49. The van der Waals surface area contributed by atoms with Crippen LogP contribution in [0.4, 0.5) is 10.5 Å². The van der Waals surface area contributed by atoms with E-state index in [0.717, 1.165) is 36.8 Å². The van der Waals surface area contributed by atoms with Crippen molar-refractivity contribution >= 4 is 17.7 Å². The zero-order chi connectivity index (χ0) is 25.3. The van der Waals surface area contributed by atoms with Crippen molar-refractivity contribution in [1.29, 1.82) is 0 Å². The van der Waals surface area contributed by atoms with Crippen LogP contribution >= 0.6 is 0 Å². The molecule has 4 rings (SSSR count). The molecule has 188 valence electrons. The highest BCUT2D eigenvalue weighted by Gasteiger charge is 2.16. The third-order valence-corrected chi connectivity index (χ3v) is 6.28. The summed E-state index contributed by atoms with van der Waals surface area (Å²) in [5, 5.41) is 10.4. The van der Waals surface area contributed by atoms with E-state index >= 15 is 0 Å². The van der Waals surface area contributed by atoms with Crippen LogP contribution in [-0.4, -0.2) is 34.4 Å². The van der Waals surface area contributed by atoms with Crippen LogP contribution in [0.5, 0.6) is 0 Å². The Balaban J connectivity index is 1.45. The summed E-state index contributed by atoms with van der Waals surface area (Å²) in [6, 6.07) is 17.9. The van der Waals surface area contributed by atoms with Gasteiger partial charge in [0.15, 0.2) is 0 Å². The van der Waals surface area contributed by atoms with E-state index in [1.807, 2.05) is 18.2 Å². The topological polar surface area (TPSA) is 102 Å². The van der Waals surface area contributed by atoms with Gasteiger partial charge in [-0.1, -0.05) is 49.9 Å². The molecule has 0 spiro atoms. The van der Waals surface area contributed by atoms with E-state index in [0.29, 0.717) is 16.9 Å². The molecule has 3 aromatic rings. The van der Waals surface area contributed by atoms with Crippen molar-refractivity contribution in [3.63, 3.8) is 0 Å². The lowest BCUT2D eigenvalue weighted by molar-refractivity contribution is 0.0933. The number of aromatic nitrogens is 2. The number of ether oxygens (including phenoxy) is 1. The largest absolute Gasteiger partial charge is 0.450 e. The van der Waals surface area contributed by atoms with Gasteiger partial charge in [0.1, 0.15) is 0 Å². The first-order chi connectivity index (χ1) is 17.5. The van der Waals surface area contributed by atoms with Crippen molar-refractivity contribution in [2.75, 3.05) is 11.9 Å². The predicted octanol–water partition coefficient (Wildman–Crippen LogP) is 4.98. The van der Waals surface area contributed by atoms with Crippen molar-refractivity contribution in [3.8, 4) is 11.3 Å². The minimum absolute atomic E-state index is 0.0531. The van der Waals surface area contributed by atoms with Gasteiger partial charge < -0.3 is 10.1 Å². The summed E-state index contributed by atoms with van der Waals surface area (Å²) in [5.41, 5.74) is 3.21. The monoisotopic (exact) mass is 488 g/mol. The molecule has 1 aliphatic rings. The maximum absolute atomic E-state index is 12.7. The summed E-state index contributed by atoms with van der Waals surface area (Å²) in [6.07, 6.45) is 6.36. The molecule has 8 nitrogen and oxygen atoms in total. The van der Waals surface area contributed by atoms with Gasteiger partial charge >= 0.3 is 6.09 Å². The van der Waals surface area contributed by atoms with Crippen LogP contribution in [0.25, 0.3) is 11.3 Å². The molecule has 0 radical (unpaired) electrons.